The third-order valence-electron chi connectivity index (χ3n) is 4.48. The first-order valence-electron chi connectivity index (χ1n) is 7.25. The topological polar surface area (TPSA) is 58.4 Å². The van der Waals surface area contributed by atoms with Crippen molar-refractivity contribution in [3.8, 4) is 0 Å². The molecule has 2 atom stereocenters. The van der Waals surface area contributed by atoms with Crippen molar-refractivity contribution in [2.75, 3.05) is 13.1 Å². The van der Waals surface area contributed by atoms with Crippen LogP contribution in [-0.4, -0.2) is 38.6 Å². The van der Waals surface area contributed by atoms with Gasteiger partial charge in [0, 0.05) is 11.9 Å². The summed E-state index contributed by atoms with van der Waals surface area (Å²) in [5.74, 6) is 0.252. The van der Waals surface area contributed by atoms with E-state index < -0.39 is 12.0 Å². The molecule has 2 unspecified atom stereocenters. The fourth-order valence-electron chi connectivity index (χ4n) is 3.54. The molecule has 5 nitrogen and oxygen atoms in total. The van der Waals surface area contributed by atoms with Crippen LogP contribution in [0.25, 0.3) is 0 Å². The molecular weight excluding hydrogens is 242 g/mol. The summed E-state index contributed by atoms with van der Waals surface area (Å²) < 4.78 is 2.00. The molecule has 0 aliphatic carbocycles. The van der Waals surface area contributed by atoms with E-state index in [0.717, 1.165) is 50.3 Å². The van der Waals surface area contributed by atoms with Gasteiger partial charge >= 0.3 is 5.97 Å². The molecule has 3 rings (SSSR count). The molecular formula is C14H21N3O2. The minimum Gasteiger partial charge on any atom is -0.480 e. The molecule has 2 aliphatic rings. The lowest BCUT2D eigenvalue weighted by molar-refractivity contribution is -0.141. The van der Waals surface area contributed by atoms with E-state index in [-0.39, 0.29) is 0 Å². The zero-order valence-electron chi connectivity index (χ0n) is 11.4. The molecule has 2 aliphatic heterocycles. The van der Waals surface area contributed by atoms with Crippen LogP contribution in [-0.2, 0) is 11.2 Å². The second-order valence-electron chi connectivity index (χ2n) is 5.51. The Morgan fingerprint density at radius 2 is 2.32 bits per heavy atom. The number of imidazole rings is 1. The summed E-state index contributed by atoms with van der Waals surface area (Å²) in [5, 5.41) is 9.43. The highest BCUT2D eigenvalue weighted by atomic mass is 16.4. The Hall–Kier alpha value is -1.36. The maximum Gasteiger partial charge on any atom is 0.326 e. The number of aliphatic carboxylic acids is 1. The van der Waals surface area contributed by atoms with Gasteiger partial charge in [0.25, 0.3) is 0 Å². The minimum absolute atomic E-state index is 0.304. The second kappa shape index (κ2) is 4.96. The van der Waals surface area contributed by atoms with E-state index in [2.05, 4.69) is 16.8 Å². The molecule has 19 heavy (non-hydrogen) atoms. The van der Waals surface area contributed by atoms with Crippen molar-refractivity contribution in [2.24, 2.45) is 0 Å². The van der Waals surface area contributed by atoms with Crippen molar-refractivity contribution >= 4 is 5.97 Å². The fraction of sp³-hybridized carbons (Fsp3) is 0.714. The summed E-state index contributed by atoms with van der Waals surface area (Å²) in [5.41, 5.74) is 1.09. The fourth-order valence-corrected chi connectivity index (χ4v) is 3.54. The summed E-state index contributed by atoms with van der Waals surface area (Å²) in [4.78, 5) is 18.4. The second-order valence-corrected chi connectivity index (χ2v) is 5.51. The highest BCUT2D eigenvalue weighted by Gasteiger charge is 2.34. The number of carbonyl (C=O) groups is 1. The Morgan fingerprint density at radius 1 is 1.47 bits per heavy atom. The Balaban J connectivity index is 1.99. The van der Waals surface area contributed by atoms with Crippen LogP contribution in [0.5, 0.6) is 0 Å². The number of likely N-dealkylation sites (tertiary alicyclic amines) is 1. The van der Waals surface area contributed by atoms with Gasteiger partial charge in [0.2, 0.25) is 0 Å². The van der Waals surface area contributed by atoms with Crippen LogP contribution in [0.2, 0.25) is 0 Å². The number of hydrogen-bond acceptors (Lipinski definition) is 3. The SMILES string of the molecule is CCN1CCCC1c1ncc2n1C(C(=O)O)CCC2. The molecule has 0 bridgehead atoms. The van der Waals surface area contributed by atoms with Crippen LogP contribution in [0.1, 0.15) is 56.2 Å². The maximum atomic E-state index is 11.5. The normalized spacial score (nSPS) is 27.4. The van der Waals surface area contributed by atoms with Crippen molar-refractivity contribution < 1.29 is 9.90 Å². The minimum atomic E-state index is -0.721. The molecule has 3 heterocycles. The predicted molar refractivity (Wildman–Crippen MR) is 71.1 cm³/mol. The van der Waals surface area contributed by atoms with E-state index in [1.54, 1.807) is 0 Å². The van der Waals surface area contributed by atoms with Crippen LogP contribution < -0.4 is 0 Å². The van der Waals surface area contributed by atoms with Gasteiger partial charge in [0.15, 0.2) is 0 Å². The zero-order chi connectivity index (χ0) is 13.4. The summed E-state index contributed by atoms with van der Waals surface area (Å²) in [6.45, 7) is 4.26. The highest BCUT2D eigenvalue weighted by molar-refractivity contribution is 5.72. The molecule has 1 saturated heterocycles. The highest BCUT2D eigenvalue weighted by Crippen LogP contribution is 2.35. The average molecular weight is 263 g/mol. The van der Waals surface area contributed by atoms with Gasteiger partial charge in [-0.1, -0.05) is 6.92 Å². The lowest BCUT2D eigenvalue weighted by Crippen LogP contribution is -2.31. The largest absolute Gasteiger partial charge is 0.480 e. The Bertz CT molecular complexity index is 483. The van der Waals surface area contributed by atoms with E-state index in [0.29, 0.717) is 6.04 Å². The zero-order valence-corrected chi connectivity index (χ0v) is 11.4. The van der Waals surface area contributed by atoms with Crippen LogP contribution in [0.4, 0.5) is 0 Å². The predicted octanol–water partition coefficient (Wildman–Crippen LogP) is 2.00. The maximum absolute atomic E-state index is 11.5. The summed E-state index contributed by atoms with van der Waals surface area (Å²) >= 11 is 0. The van der Waals surface area contributed by atoms with Crippen LogP contribution in [0.15, 0.2) is 6.20 Å². The molecule has 1 N–H and O–H groups in total. The first kappa shape index (κ1) is 12.7. The quantitative estimate of drug-likeness (QED) is 0.906. The smallest absolute Gasteiger partial charge is 0.326 e. The van der Waals surface area contributed by atoms with Gasteiger partial charge in [-0.05, 0) is 45.2 Å². The average Bonchev–Trinajstić information content (AvgIpc) is 3.03. The molecule has 0 radical (unpaired) electrons. The van der Waals surface area contributed by atoms with E-state index in [4.69, 9.17) is 0 Å². The van der Waals surface area contributed by atoms with Crippen molar-refractivity contribution in [1.82, 2.24) is 14.5 Å². The first-order chi connectivity index (χ1) is 9.22. The molecule has 104 valence electrons. The van der Waals surface area contributed by atoms with Gasteiger partial charge in [-0.25, -0.2) is 9.78 Å². The van der Waals surface area contributed by atoms with Crippen LogP contribution >= 0.6 is 0 Å². The molecule has 0 saturated carbocycles. The molecule has 0 spiro atoms. The van der Waals surface area contributed by atoms with Crippen LogP contribution in [0, 0.1) is 0 Å². The number of aromatic nitrogens is 2. The lowest BCUT2D eigenvalue weighted by Gasteiger charge is -2.28. The Morgan fingerprint density at radius 3 is 3.05 bits per heavy atom. The number of nitrogens with zero attached hydrogens (tertiary/aromatic N) is 3. The Kier molecular flexibility index (Phi) is 3.31. The molecule has 0 aromatic carbocycles. The van der Waals surface area contributed by atoms with Crippen molar-refractivity contribution in [3.63, 3.8) is 0 Å². The lowest BCUT2D eigenvalue weighted by atomic mass is 10.0. The van der Waals surface area contributed by atoms with Gasteiger partial charge in [-0.3, -0.25) is 4.90 Å². The van der Waals surface area contributed by atoms with Crippen molar-refractivity contribution in [1.29, 1.82) is 0 Å². The van der Waals surface area contributed by atoms with E-state index in [1.807, 2.05) is 10.8 Å². The van der Waals surface area contributed by atoms with E-state index >= 15 is 0 Å². The third kappa shape index (κ3) is 2.06. The number of fused-ring (bicyclic) bond motifs is 1. The molecule has 0 amide bonds. The van der Waals surface area contributed by atoms with Gasteiger partial charge in [-0.2, -0.15) is 0 Å². The number of aryl methyl sites for hydroxylation is 1. The van der Waals surface area contributed by atoms with Crippen molar-refractivity contribution in [3.05, 3.63) is 17.7 Å². The van der Waals surface area contributed by atoms with E-state index in [9.17, 15) is 9.90 Å². The number of carboxylic acids is 1. The molecule has 1 fully saturated rings. The Labute approximate surface area is 113 Å². The van der Waals surface area contributed by atoms with Gasteiger partial charge in [0.1, 0.15) is 11.9 Å². The summed E-state index contributed by atoms with van der Waals surface area (Å²) in [6, 6.07) is -0.112. The number of rotatable bonds is 3. The number of hydrogen-bond donors (Lipinski definition) is 1. The molecule has 1 aromatic heterocycles. The van der Waals surface area contributed by atoms with Gasteiger partial charge < -0.3 is 9.67 Å². The van der Waals surface area contributed by atoms with Crippen LogP contribution in [0.3, 0.4) is 0 Å². The van der Waals surface area contributed by atoms with Crippen molar-refractivity contribution in [2.45, 2.75) is 51.1 Å². The summed E-state index contributed by atoms with van der Waals surface area (Å²) in [6.07, 6.45) is 6.79. The van der Waals surface area contributed by atoms with E-state index in [1.165, 1.54) is 6.42 Å². The third-order valence-corrected chi connectivity index (χ3v) is 4.48. The molecule has 1 aromatic rings. The number of carboxylic acid groups (broad SMARTS) is 1. The summed E-state index contributed by atoms with van der Waals surface area (Å²) in [7, 11) is 0. The first-order valence-corrected chi connectivity index (χ1v) is 7.25. The van der Waals surface area contributed by atoms with Gasteiger partial charge in [-0.15, -0.1) is 0 Å². The van der Waals surface area contributed by atoms with Gasteiger partial charge in [0.05, 0.1) is 6.04 Å². The monoisotopic (exact) mass is 263 g/mol. The standard InChI is InChI=1S/C14H21N3O2/c1-2-16-8-4-7-11(16)13-15-9-10-5-3-6-12(14(18)19)17(10)13/h9,11-12H,2-8H2,1H3,(H,18,19). The molecule has 5 heteroatoms.